The first-order chi connectivity index (χ1) is 7.63. The molecule has 0 bridgehead atoms. The first-order valence-corrected chi connectivity index (χ1v) is 5.19. The lowest BCUT2D eigenvalue weighted by Crippen LogP contribution is -2.45. The number of carbonyl (C=O) groups is 1. The van der Waals surface area contributed by atoms with Crippen LogP contribution < -0.4 is 11.1 Å². The molecule has 0 aliphatic rings. The van der Waals surface area contributed by atoms with Crippen molar-refractivity contribution in [1.82, 2.24) is 5.32 Å². The second kappa shape index (κ2) is 5.94. The molecular formula is C13H16N2O. The quantitative estimate of drug-likeness (QED) is 0.728. The van der Waals surface area contributed by atoms with Crippen molar-refractivity contribution >= 4 is 5.91 Å². The Morgan fingerprint density at radius 2 is 2.12 bits per heavy atom. The minimum atomic E-state index is -0.557. The molecule has 3 N–H and O–H groups in total. The molecule has 1 aromatic carbocycles. The molecule has 16 heavy (non-hydrogen) atoms. The Hall–Kier alpha value is -1.79. The van der Waals surface area contributed by atoms with Gasteiger partial charge in [-0.3, -0.25) is 4.79 Å². The molecule has 1 amide bonds. The molecule has 0 aliphatic heterocycles. The molecule has 1 aromatic rings. The van der Waals surface area contributed by atoms with Crippen LogP contribution in [0.25, 0.3) is 0 Å². The van der Waals surface area contributed by atoms with Gasteiger partial charge in [-0.2, -0.15) is 0 Å². The first kappa shape index (κ1) is 12.3. The molecule has 0 saturated carbocycles. The van der Waals surface area contributed by atoms with Gasteiger partial charge in [0, 0.05) is 0 Å². The molecule has 84 valence electrons. The van der Waals surface area contributed by atoms with Crippen molar-refractivity contribution in [2.24, 2.45) is 5.73 Å². The summed E-state index contributed by atoms with van der Waals surface area (Å²) in [4.78, 5) is 11.6. The van der Waals surface area contributed by atoms with Gasteiger partial charge in [-0.05, 0) is 18.9 Å². The number of amides is 1. The monoisotopic (exact) mass is 216 g/mol. The zero-order valence-corrected chi connectivity index (χ0v) is 9.31. The predicted octanol–water partition coefficient (Wildman–Crippen LogP) is 0.694. The average Bonchev–Trinajstić information content (AvgIpc) is 2.30. The zero-order valence-electron chi connectivity index (χ0n) is 9.31. The lowest BCUT2D eigenvalue weighted by Gasteiger charge is -2.13. The molecule has 0 heterocycles. The van der Waals surface area contributed by atoms with Gasteiger partial charge < -0.3 is 11.1 Å². The van der Waals surface area contributed by atoms with Gasteiger partial charge in [0.05, 0.1) is 12.1 Å². The molecular weight excluding hydrogens is 200 g/mol. The number of nitrogens with one attached hydrogen (secondary N) is 1. The Morgan fingerprint density at radius 1 is 1.50 bits per heavy atom. The van der Waals surface area contributed by atoms with Gasteiger partial charge in [-0.25, -0.2) is 0 Å². The van der Waals surface area contributed by atoms with Crippen LogP contribution in [0, 0.1) is 12.3 Å². The molecule has 1 rings (SSSR count). The van der Waals surface area contributed by atoms with Crippen LogP contribution in [-0.2, 0) is 11.2 Å². The summed E-state index contributed by atoms with van der Waals surface area (Å²) in [6.07, 6.45) is 5.69. The summed E-state index contributed by atoms with van der Waals surface area (Å²) in [5, 5.41) is 2.65. The second-order valence-electron chi connectivity index (χ2n) is 3.69. The van der Waals surface area contributed by atoms with Crippen LogP contribution in [0.5, 0.6) is 0 Å². The van der Waals surface area contributed by atoms with Gasteiger partial charge in [0.1, 0.15) is 0 Å². The van der Waals surface area contributed by atoms with Crippen molar-refractivity contribution in [3.05, 3.63) is 35.9 Å². The number of terminal acetylenes is 1. The Kier molecular flexibility index (Phi) is 4.56. The maximum atomic E-state index is 11.6. The van der Waals surface area contributed by atoms with E-state index >= 15 is 0 Å². The molecule has 2 atom stereocenters. The Balaban J connectivity index is 2.50. The van der Waals surface area contributed by atoms with Crippen LogP contribution in [0.15, 0.2) is 30.3 Å². The van der Waals surface area contributed by atoms with E-state index in [-0.39, 0.29) is 11.9 Å². The SMILES string of the molecule is C#CC(C)NC(=O)[C@H](N)Cc1ccccc1. The molecule has 0 spiro atoms. The maximum absolute atomic E-state index is 11.6. The van der Waals surface area contributed by atoms with Crippen molar-refractivity contribution in [3.63, 3.8) is 0 Å². The van der Waals surface area contributed by atoms with Crippen molar-refractivity contribution in [1.29, 1.82) is 0 Å². The molecule has 3 nitrogen and oxygen atoms in total. The van der Waals surface area contributed by atoms with Gasteiger partial charge >= 0.3 is 0 Å². The fourth-order valence-electron chi connectivity index (χ4n) is 1.32. The van der Waals surface area contributed by atoms with E-state index in [0.717, 1.165) is 5.56 Å². The van der Waals surface area contributed by atoms with Crippen molar-refractivity contribution < 1.29 is 4.79 Å². The van der Waals surface area contributed by atoms with E-state index in [1.807, 2.05) is 30.3 Å². The Morgan fingerprint density at radius 3 is 2.69 bits per heavy atom. The summed E-state index contributed by atoms with van der Waals surface area (Å²) in [7, 11) is 0. The van der Waals surface area contributed by atoms with Crippen LogP contribution >= 0.6 is 0 Å². The summed E-state index contributed by atoms with van der Waals surface area (Å²) in [6, 6.07) is 8.81. The third-order valence-electron chi connectivity index (χ3n) is 2.24. The average molecular weight is 216 g/mol. The van der Waals surface area contributed by atoms with Gasteiger partial charge in [0.2, 0.25) is 5.91 Å². The number of rotatable bonds is 4. The highest BCUT2D eigenvalue weighted by molar-refractivity contribution is 5.82. The van der Waals surface area contributed by atoms with E-state index < -0.39 is 6.04 Å². The van der Waals surface area contributed by atoms with Crippen molar-refractivity contribution in [3.8, 4) is 12.3 Å². The highest BCUT2D eigenvalue weighted by Crippen LogP contribution is 2.01. The molecule has 0 fully saturated rings. The van der Waals surface area contributed by atoms with Gasteiger partial charge in [0.15, 0.2) is 0 Å². The van der Waals surface area contributed by atoms with Gasteiger partial charge in [0.25, 0.3) is 0 Å². The van der Waals surface area contributed by atoms with Crippen molar-refractivity contribution in [2.75, 3.05) is 0 Å². The minimum Gasteiger partial charge on any atom is -0.341 e. The van der Waals surface area contributed by atoms with Gasteiger partial charge in [-0.1, -0.05) is 36.3 Å². The Bertz CT molecular complexity index is 381. The number of hydrogen-bond donors (Lipinski definition) is 2. The molecule has 1 unspecified atom stereocenters. The molecule has 0 aliphatic carbocycles. The van der Waals surface area contributed by atoms with Crippen LogP contribution in [0.4, 0.5) is 0 Å². The van der Waals surface area contributed by atoms with E-state index in [1.165, 1.54) is 0 Å². The van der Waals surface area contributed by atoms with Gasteiger partial charge in [-0.15, -0.1) is 6.42 Å². The standard InChI is InChI=1S/C13H16N2O/c1-3-10(2)15-13(16)12(14)9-11-7-5-4-6-8-11/h1,4-8,10,12H,9,14H2,2H3,(H,15,16)/t10?,12-/m1/s1. The molecule has 0 radical (unpaired) electrons. The number of benzene rings is 1. The lowest BCUT2D eigenvalue weighted by molar-refractivity contribution is -0.122. The summed E-state index contributed by atoms with van der Waals surface area (Å²) >= 11 is 0. The van der Waals surface area contributed by atoms with Crippen LogP contribution in [0.1, 0.15) is 12.5 Å². The van der Waals surface area contributed by atoms with E-state index in [9.17, 15) is 4.79 Å². The number of nitrogens with two attached hydrogens (primary N) is 1. The summed E-state index contributed by atoms with van der Waals surface area (Å²) in [5.74, 6) is 2.21. The summed E-state index contributed by atoms with van der Waals surface area (Å²) < 4.78 is 0. The highest BCUT2D eigenvalue weighted by Gasteiger charge is 2.14. The van der Waals surface area contributed by atoms with Crippen LogP contribution in [-0.4, -0.2) is 18.0 Å². The van der Waals surface area contributed by atoms with Crippen LogP contribution in [0.3, 0.4) is 0 Å². The van der Waals surface area contributed by atoms with E-state index in [2.05, 4.69) is 11.2 Å². The Labute approximate surface area is 96.0 Å². The molecule has 0 saturated heterocycles. The van der Waals surface area contributed by atoms with E-state index in [1.54, 1.807) is 6.92 Å². The maximum Gasteiger partial charge on any atom is 0.238 e. The second-order valence-corrected chi connectivity index (χ2v) is 3.69. The van der Waals surface area contributed by atoms with E-state index in [0.29, 0.717) is 6.42 Å². The third-order valence-corrected chi connectivity index (χ3v) is 2.24. The number of hydrogen-bond acceptors (Lipinski definition) is 2. The van der Waals surface area contributed by atoms with Crippen LogP contribution in [0.2, 0.25) is 0 Å². The van der Waals surface area contributed by atoms with Crippen molar-refractivity contribution in [2.45, 2.75) is 25.4 Å². The minimum absolute atomic E-state index is 0.214. The summed E-state index contributed by atoms with van der Waals surface area (Å²) in [6.45, 7) is 1.74. The largest absolute Gasteiger partial charge is 0.341 e. The normalized spacial score (nSPS) is 13.6. The summed E-state index contributed by atoms with van der Waals surface area (Å²) in [5.41, 5.74) is 6.81. The first-order valence-electron chi connectivity index (χ1n) is 5.19. The van der Waals surface area contributed by atoms with E-state index in [4.69, 9.17) is 12.2 Å². The fraction of sp³-hybridized carbons (Fsp3) is 0.308. The smallest absolute Gasteiger partial charge is 0.238 e. The lowest BCUT2D eigenvalue weighted by atomic mass is 10.1. The third kappa shape index (κ3) is 3.76. The molecule has 3 heteroatoms. The zero-order chi connectivity index (χ0) is 12.0. The molecule has 0 aromatic heterocycles. The predicted molar refractivity (Wildman–Crippen MR) is 64.6 cm³/mol. The number of carbonyl (C=O) groups excluding carboxylic acids is 1. The fourth-order valence-corrected chi connectivity index (χ4v) is 1.32. The highest BCUT2D eigenvalue weighted by atomic mass is 16.2. The topological polar surface area (TPSA) is 55.1 Å².